The summed E-state index contributed by atoms with van der Waals surface area (Å²) >= 11 is 12.2. The van der Waals surface area contributed by atoms with Crippen LogP contribution >= 0.6 is 23.2 Å². The lowest BCUT2D eigenvalue weighted by Crippen LogP contribution is -2.13. The van der Waals surface area contributed by atoms with Crippen LogP contribution in [0.15, 0.2) is 72.8 Å². The number of hydrogen-bond donors (Lipinski definition) is 1. The predicted octanol–water partition coefficient (Wildman–Crippen LogP) is 6.77. The van der Waals surface area contributed by atoms with Gasteiger partial charge in [-0.05, 0) is 42.8 Å². The van der Waals surface area contributed by atoms with Gasteiger partial charge in [0.15, 0.2) is 0 Å². The molecule has 0 radical (unpaired) electrons. The quantitative estimate of drug-likeness (QED) is 0.407. The highest BCUT2D eigenvalue weighted by molar-refractivity contribution is 6.42. The number of carbonyl (C=O) groups is 1. The van der Waals surface area contributed by atoms with E-state index in [1.54, 1.807) is 18.2 Å². The maximum absolute atomic E-state index is 13.1. The number of hydrogen-bond acceptors (Lipinski definition) is 2. The van der Waals surface area contributed by atoms with Gasteiger partial charge in [0.2, 0.25) is 0 Å². The zero-order valence-corrected chi connectivity index (χ0v) is 16.6. The van der Waals surface area contributed by atoms with Crippen LogP contribution in [0.1, 0.15) is 15.9 Å². The fourth-order valence-corrected chi connectivity index (χ4v) is 3.37. The maximum Gasteiger partial charge on any atom is 0.256 e. The number of para-hydroxylation sites is 2. The van der Waals surface area contributed by atoms with Crippen molar-refractivity contribution < 1.29 is 4.79 Å². The van der Waals surface area contributed by atoms with Gasteiger partial charge in [0, 0.05) is 16.6 Å². The van der Waals surface area contributed by atoms with Gasteiger partial charge < -0.3 is 5.32 Å². The van der Waals surface area contributed by atoms with Crippen LogP contribution in [0.25, 0.3) is 22.2 Å². The highest BCUT2D eigenvalue weighted by Crippen LogP contribution is 2.30. The molecular formula is C23H16Cl2N2O. The number of pyridine rings is 1. The van der Waals surface area contributed by atoms with Crippen LogP contribution in [0.4, 0.5) is 5.69 Å². The number of aryl methyl sites for hydroxylation is 1. The first-order chi connectivity index (χ1) is 13.5. The molecule has 4 rings (SSSR count). The van der Waals surface area contributed by atoms with Crippen molar-refractivity contribution in [2.75, 3.05) is 5.32 Å². The molecule has 0 aliphatic heterocycles. The third-order valence-electron chi connectivity index (χ3n) is 4.57. The molecule has 0 fully saturated rings. The molecule has 1 heterocycles. The number of carbonyl (C=O) groups excluding carboxylic acids is 1. The lowest BCUT2D eigenvalue weighted by atomic mass is 10.0. The van der Waals surface area contributed by atoms with Crippen molar-refractivity contribution in [2.24, 2.45) is 0 Å². The Hall–Kier alpha value is -2.88. The van der Waals surface area contributed by atoms with E-state index >= 15 is 0 Å². The minimum absolute atomic E-state index is 0.186. The molecule has 0 saturated carbocycles. The van der Waals surface area contributed by atoms with Gasteiger partial charge in [-0.1, -0.05) is 65.7 Å². The molecule has 28 heavy (non-hydrogen) atoms. The van der Waals surface area contributed by atoms with Crippen molar-refractivity contribution in [1.82, 2.24) is 4.98 Å². The highest BCUT2D eigenvalue weighted by atomic mass is 35.5. The SMILES string of the molecule is Cc1ccccc1NC(=O)c1cc(-c2ccc(Cl)c(Cl)c2)nc2ccccc12. The Bertz CT molecular complexity index is 1200. The summed E-state index contributed by atoms with van der Waals surface area (Å²) in [5.74, 6) is -0.186. The van der Waals surface area contributed by atoms with E-state index < -0.39 is 0 Å². The first-order valence-electron chi connectivity index (χ1n) is 8.75. The number of rotatable bonds is 3. The van der Waals surface area contributed by atoms with Gasteiger partial charge in [-0.15, -0.1) is 0 Å². The van der Waals surface area contributed by atoms with Crippen molar-refractivity contribution in [3.8, 4) is 11.3 Å². The number of fused-ring (bicyclic) bond motifs is 1. The summed E-state index contributed by atoms with van der Waals surface area (Å²) in [4.78, 5) is 17.8. The van der Waals surface area contributed by atoms with Crippen LogP contribution in [0, 0.1) is 6.92 Å². The Balaban J connectivity index is 1.83. The summed E-state index contributed by atoms with van der Waals surface area (Å²) in [5.41, 5.74) is 4.52. The summed E-state index contributed by atoms with van der Waals surface area (Å²) in [7, 11) is 0. The number of amides is 1. The Kier molecular flexibility index (Phi) is 5.03. The predicted molar refractivity (Wildman–Crippen MR) is 116 cm³/mol. The zero-order valence-electron chi connectivity index (χ0n) is 15.0. The van der Waals surface area contributed by atoms with E-state index in [2.05, 4.69) is 5.32 Å². The van der Waals surface area contributed by atoms with Crippen LogP contribution in [0.2, 0.25) is 10.0 Å². The van der Waals surface area contributed by atoms with Crippen molar-refractivity contribution in [1.29, 1.82) is 0 Å². The third kappa shape index (κ3) is 3.59. The largest absolute Gasteiger partial charge is 0.322 e. The van der Waals surface area contributed by atoms with Crippen molar-refractivity contribution in [2.45, 2.75) is 6.92 Å². The first-order valence-corrected chi connectivity index (χ1v) is 9.51. The second kappa shape index (κ2) is 7.63. The molecule has 0 saturated heterocycles. The minimum atomic E-state index is -0.186. The molecule has 3 nitrogen and oxygen atoms in total. The zero-order chi connectivity index (χ0) is 19.7. The molecule has 0 unspecified atom stereocenters. The number of benzene rings is 3. The minimum Gasteiger partial charge on any atom is -0.322 e. The van der Waals surface area contributed by atoms with Crippen molar-refractivity contribution in [3.05, 3.63) is 94.0 Å². The summed E-state index contributed by atoms with van der Waals surface area (Å²) in [6.45, 7) is 1.96. The Morgan fingerprint density at radius 3 is 2.43 bits per heavy atom. The number of anilines is 1. The second-order valence-electron chi connectivity index (χ2n) is 6.47. The van der Waals surface area contributed by atoms with Gasteiger partial charge in [-0.3, -0.25) is 4.79 Å². The number of halogens is 2. The molecule has 138 valence electrons. The summed E-state index contributed by atoms with van der Waals surface area (Å²) in [6.07, 6.45) is 0. The first kappa shape index (κ1) is 18.5. The third-order valence-corrected chi connectivity index (χ3v) is 5.31. The Labute approximate surface area is 172 Å². The fourth-order valence-electron chi connectivity index (χ4n) is 3.07. The Morgan fingerprint density at radius 2 is 1.64 bits per heavy atom. The molecule has 0 aliphatic carbocycles. The van der Waals surface area contributed by atoms with Gasteiger partial charge in [0.05, 0.1) is 26.8 Å². The molecule has 0 spiro atoms. The van der Waals surface area contributed by atoms with Gasteiger partial charge in [-0.2, -0.15) is 0 Å². The standard InChI is InChI=1S/C23H16Cl2N2O/c1-14-6-2-4-8-20(14)27-23(28)17-13-22(15-10-11-18(24)19(25)12-15)26-21-9-5-3-7-16(17)21/h2-13H,1H3,(H,27,28). The number of nitrogens with zero attached hydrogens (tertiary/aromatic N) is 1. The lowest BCUT2D eigenvalue weighted by Gasteiger charge is -2.12. The maximum atomic E-state index is 13.1. The second-order valence-corrected chi connectivity index (χ2v) is 7.28. The molecular weight excluding hydrogens is 391 g/mol. The lowest BCUT2D eigenvalue weighted by molar-refractivity contribution is 0.102. The van der Waals surface area contributed by atoms with Gasteiger partial charge in [-0.25, -0.2) is 4.98 Å². The summed E-state index contributed by atoms with van der Waals surface area (Å²) in [5, 5.41) is 4.71. The van der Waals surface area contributed by atoms with Crippen LogP contribution in [0.3, 0.4) is 0 Å². The van der Waals surface area contributed by atoms with E-state index in [-0.39, 0.29) is 5.91 Å². The van der Waals surface area contributed by atoms with Gasteiger partial charge in [0.25, 0.3) is 5.91 Å². The van der Waals surface area contributed by atoms with Crippen molar-refractivity contribution >= 4 is 45.7 Å². The van der Waals surface area contributed by atoms with E-state index in [4.69, 9.17) is 28.2 Å². The van der Waals surface area contributed by atoms with Crippen LogP contribution in [-0.2, 0) is 0 Å². The summed E-state index contributed by atoms with van der Waals surface area (Å²) < 4.78 is 0. The topological polar surface area (TPSA) is 42.0 Å². The van der Waals surface area contributed by atoms with Gasteiger partial charge >= 0.3 is 0 Å². The summed E-state index contributed by atoms with van der Waals surface area (Å²) in [6, 6.07) is 22.4. The van der Waals surface area contributed by atoms with Crippen LogP contribution < -0.4 is 5.32 Å². The van der Waals surface area contributed by atoms with E-state index in [9.17, 15) is 4.79 Å². The highest BCUT2D eigenvalue weighted by Gasteiger charge is 2.15. The molecule has 1 amide bonds. The monoisotopic (exact) mass is 406 g/mol. The molecule has 3 aromatic carbocycles. The molecule has 0 aliphatic rings. The normalized spacial score (nSPS) is 10.8. The van der Waals surface area contributed by atoms with E-state index in [0.29, 0.717) is 21.3 Å². The number of nitrogens with one attached hydrogen (secondary N) is 1. The average molecular weight is 407 g/mol. The van der Waals surface area contributed by atoms with E-state index in [0.717, 1.165) is 27.7 Å². The van der Waals surface area contributed by atoms with Crippen LogP contribution in [-0.4, -0.2) is 10.9 Å². The Morgan fingerprint density at radius 1 is 0.893 bits per heavy atom. The van der Waals surface area contributed by atoms with Crippen molar-refractivity contribution in [3.63, 3.8) is 0 Å². The average Bonchev–Trinajstić information content (AvgIpc) is 2.71. The van der Waals surface area contributed by atoms with Crippen LogP contribution in [0.5, 0.6) is 0 Å². The molecule has 1 aromatic heterocycles. The molecule has 0 atom stereocenters. The number of aromatic nitrogens is 1. The van der Waals surface area contributed by atoms with Gasteiger partial charge in [0.1, 0.15) is 0 Å². The molecule has 0 bridgehead atoms. The van der Waals surface area contributed by atoms with E-state index in [1.807, 2.05) is 61.5 Å². The smallest absolute Gasteiger partial charge is 0.256 e. The van der Waals surface area contributed by atoms with E-state index in [1.165, 1.54) is 0 Å². The molecule has 4 aromatic rings. The molecule has 1 N–H and O–H groups in total. The molecule has 5 heteroatoms. The fraction of sp³-hybridized carbons (Fsp3) is 0.0435.